The van der Waals surface area contributed by atoms with Crippen molar-refractivity contribution in [3.63, 3.8) is 0 Å². The zero-order valence-electron chi connectivity index (χ0n) is 9.71. The molecule has 2 rings (SSSR count). The predicted molar refractivity (Wildman–Crippen MR) is 63.7 cm³/mol. The van der Waals surface area contributed by atoms with Gasteiger partial charge in [0.1, 0.15) is 5.78 Å². The summed E-state index contributed by atoms with van der Waals surface area (Å²) in [5.41, 5.74) is 1.38. The third-order valence-electron chi connectivity index (χ3n) is 2.19. The summed E-state index contributed by atoms with van der Waals surface area (Å²) in [6.07, 6.45) is 1.13. The van der Waals surface area contributed by atoms with Crippen molar-refractivity contribution in [1.82, 2.24) is 10.2 Å². The van der Waals surface area contributed by atoms with E-state index in [-0.39, 0.29) is 18.1 Å². The normalized spacial score (nSPS) is 10.1. The van der Waals surface area contributed by atoms with Gasteiger partial charge in [-0.15, -0.1) is 10.2 Å². The minimum atomic E-state index is -0.326. The Hall–Kier alpha value is -2.50. The van der Waals surface area contributed by atoms with Gasteiger partial charge in [0.15, 0.2) is 0 Å². The van der Waals surface area contributed by atoms with E-state index in [1.54, 1.807) is 24.3 Å². The molecule has 0 atom stereocenters. The molecular formula is C12H11N3O3. The average Bonchev–Trinajstić information content (AvgIpc) is 2.82. The molecule has 6 nitrogen and oxygen atoms in total. The van der Waals surface area contributed by atoms with Crippen LogP contribution in [0.15, 0.2) is 35.1 Å². The minimum Gasteiger partial charge on any atom is -0.423 e. The van der Waals surface area contributed by atoms with Crippen LogP contribution in [0.4, 0.5) is 5.69 Å². The molecule has 1 aromatic heterocycles. The van der Waals surface area contributed by atoms with Crippen LogP contribution < -0.4 is 5.32 Å². The molecule has 1 heterocycles. The number of carbonyl (C=O) groups excluding carboxylic acids is 2. The van der Waals surface area contributed by atoms with Crippen LogP contribution in [0.2, 0.25) is 0 Å². The maximum atomic E-state index is 11.4. The van der Waals surface area contributed by atoms with Crippen LogP contribution in [0.5, 0.6) is 0 Å². The Morgan fingerprint density at radius 1 is 1.28 bits per heavy atom. The topological polar surface area (TPSA) is 85.1 Å². The standard InChI is InChI=1S/C12H11N3O3/c1-8(16)6-11(17)14-10-4-2-9(3-5-10)12-15-13-7-18-12/h2-5,7H,6H2,1H3,(H,14,17). The van der Waals surface area contributed by atoms with E-state index in [1.807, 2.05) is 0 Å². The zero-order chi connectivity index (χ0) is 13.0. The summed E-state index contributed by atoms with van der Waals surface area (Å²) in [5.74, 6) is -0.0837. The first kappa shape index (κ1) is 12.0. The summed E-state index contributed by atoms with van der Waals surface area (Å²) in [6, 6.07) is 6.91. The van der Waals surface area contributed by atoms with Gasteiger partial charge in [-0.3, -0.25) is 9.59 Å². The fraction of sp³-hybridized carbons (Fsp3) is 0.167. The van der Waals surface area contributed by atoms with Crippen LogP contribution in [-0.2, 0) is 9.59 Å². The molecule has 0 aliphatic rings. The lowest BCUT2D eigenvalue weighted by molar-refractivity contribution is -0.124. The molecule has 18 heavy (non-hydrogen) atoms. The van der Waals surface area contributed by atoms with Crippen molar-refractivity contribution in [2.45, 2.75) is 13.3 Å². The Morgan fingerprint density at radius 3 is 2.56 bits per heavy atom. The molecule has 92 valence electrons. The molecule has 0 unspecified atom stereocenters. The summed E-state index contributed by atoms with van der Waals surface area (Å²) in [7, 11) is 0. The van der Waals surface area contributed by atoms with Gasteiger partial charge in [-0.05, 0) is 31.2 Å². The smallest absolute Gasteiger partial charge is 0.247 e. The second kappa shape index (κ2) is 5.22. The van der Waals surface area contributed by atoms with Crippen molar-refractivity contribution < 1.29 is 14.0 Å². The molecule has 0 saturated heterocycles. The van der Waals surface area contributed by atoms with Gasteiger partial charge in [-0.2, -0.15) is 0 Å². The van der Waals surface area contributed by atoms with E-state index >= 15 is 0 Å². The summed E-state index contributed by atoms with van der Waals surface area (Å²) >= 11 is 0. The fourth-order valence-corrected chi connectivity index (χ4v) is 1.43. The number of anilines is 1. The number of hydrogen-bond donors (Lipinski definition) is 1. The SMILES string of the molecule is CC(=O)CC(=O)Nc1ccc(-c2nnco2)cc1. The van der Waals surface area contributed by atoms with Gasteiger partial charge < -0.3 is 9.73 Å². The number of amides is 1. The van der Waals surface area contributed by atoms with E-state index in [9.17, 15) is 9.59 Å². The highest BCUT2D eigenvalue weighted by Crippen LogP contribution is 2.18. The van der Waals surface area contributed by atoms with E-state index in [0.29, 0.717) is 11.6 Å². The third kappa shape index (κ3) is 3.00. The van der Waals surface area contributed by atoms with Gasteiger partial charge in [-0.1, -0.05) is 0 Å². The highest BCUT2D eigenvalue weighted by molar-refractivity contribution is 6.03. The number of ketones is 1. The largest absolute Gasteiger partial charge is 0.423 e. The second-order valence-electron chi connectivity index (χ2n) is 3.75. The summed E-state index contributed by atoms with van der Waals surface area (Å²) in [5, 5.41) is 9.97. The first-order chi connectivity index (χ1) is 8.65. The molecule has 1 amide bonds. The fourth-order valence-electron chi connectivity index (χ4n) is 1.43. The van der Waals surface area contributed by atoms with Crippen molar-refractivity contribution >= 4 is 17.4 Å². The second-order valence-corrected chi connectivity index (χ2v) is 3.75. The molecule has 1 N–H and O–H groups in total. The molecule has 0 saturated carbocycles. The van der Waals surface area contributed by atoms with Gasteiger partial charge in [0.25, 0.3) is 0 Å². The number of aromatic nitrogens is 2. The molecule has 6 heteroatoms. The van der Waals surface area contributed by atoms with E-state index in [0.717, 1.165) is 5.56 Å². The minimum absolute atomic E-state index is 0.120. The summed E-state index contributed by atoms with van der Waals surface area (Å²) in [4.78, 5) is 22.1. The molecule has 0 bridgehead atoms. The molecule has 0 fully saturated rings. The highest BCUT2D eigenvalue weighted by atomic mass is 16.4. The molecule has 2 aromatic rings. The molecule has 1 aromatic carbocycles. The number of Topliss-reactive ketones (excluding diaryl/α,β-unsaturated/α-hetero) is 1. The average molecular weight is 245 g/mol. The summed E-state index contributed by atoms with van der Waals surface area (Å²) in [6.45, 7) is 1.37. The third-order valence-corrected chi connectivity index (χ3v) is 2.19. The first-order valence-electron chi connectivity index (χ1n) is 5.31. The van der Waals surface area contributed by atoms with Crippen molar-refractivity contribution in [1.29, 1.82) is 0 Å². The highest BCUT2D eigenvalue weighted by Gasteiger charge is 2.06. The number of nitrogens with one attached hydrogen (secondary N) is 1. The molecule has 0 radical (unpaired) electrons. The van der Waals surface area contributed by atoms with Gasteiger partial charge in [0, 0.05) is 11.3 Å². The van der Waals surface area contributed by atoms with E-state index in [4.69, 9.17) is 4.42 Å². The zero-order valence-corrected chi connectivity index (χ0v) is 9.71. The van der Waals surface area contributed by atoms with E-state index < -0.39 is 0 Å². The molecular weight excluding hydrogens is 234 g/mol. The number of benzene rings is 1. The van der Waals surface area contributed by atoms with Crippen molar-refractivity contribution in [3.05, 3.63) is 30.7 Å². The number of rotatable bonds is 4. The predicted octanol–water partition coefficient (Wildman–Crippen LogP) is 1.65. The van der Waals surface area contributed by atoms with Gasteiger partial charge >= 0.3 is 0 Å². The Kier molecular flexibility index (Phi) is 3.47. The van der Waals surface area contributed by atoms with E-state index in [2.05, 4.69) is 15.5 Å². The van der Waals surface area contributed by atoms with Gasteiger partial charge in [-0.25, -0.2) is 0 Å². The van der Waals surface area contributed by atoms with Gasteiger partial charge in [0.2, 0.25) is 18.2 Å². The van der Waals surface area contributed by atoms with Crippen LogP contribution in [-0.4, -0.2) is 21.9 Å². The Balaban J connectivity index is 2.04. The van der Waals surface area contributed by atoms with Crippen LogP contribution in [0, 0.1) is 0 Å². The maximum Gasteiger partial charge on any atom is 0.247 e. The number of nitrogens with zero attached hydrogens (tertiary/aromatic N) is 2. The number of hydrogen-bond acceptors (Lipinski definition) is 5. The van der Waals surface area contributed by atoms with Crippen LogP contribution in [0.25, 0.3) is 11.5 Å². The Bertz CT molecular complexity index is 546. The molecule has 0 spiro atoms. The Labute approximate surface area is 103 Å². The quantitative estimate of drug-likeness (QED) is 0.828. The number of carbonyl (C=O) groups is 2. The summed E-state index contributed by atoms with van der Waals surface area (Å²) < 4.78 is 5.04. The lowest BCUT2D eigenvalue weighted by Crippen LogP contribution is -2.14. The molecule has 0 aliphatic heterocycles. The van der Waals surface area contributed by atoms with Crippen LogP contribution >= 0.6 is 0 Å². The first-order valence-corrected chi connectivity index (χ1v) is 5.31. The monoisotopic (exact) mass is 245 g/mol. The molecule has 0 aliphatic carbocycles. The Morgan fingerprint density at radius 2 is 2.00 bits per heavy atom. The van der Waals surface area contributed by atoms with Crippen molar-refractivity contribution in [2.75, 3.05) is 5.32 Å². The lowest BCUT2D eigenvalue weighted by Gasteiger charge is -2.03. The van der Waals surface area contributed by atoms with Gasteiger partial charge in [0.05, 0.1) is 6.42 Å². The lowest BCUT2D eigenvalue weighted by atomic mass is 10.2. The van der Waals surface area contributed by atoms with Crippen LogP contribution in [0.3, 0.4) is 0 Å². The van der Waals surface area contributed by atoms with E-state index in [1.165, 1.54) is 13.3 Å². The van der Waals surface area contributed by atoms with Crippen molar-refractivity contribution in [2.24, 2.45) is 0 Å². The maximum absolute atomic E-state index is 11.4. The van der Waals surface area contributed by atoms with Crippen molar-refractivity contribution in [3.8, 4) is 11.5 Å². The van der Waals surface area contributed by atoms with Crippen LogP contribution in [0.1, 0.15) is 13.3 Å².